The molecule has 0 spiro atoms. The highest BCUT2D eigenvalue weighted by atomic mass is 16.5. The van der Waals surface area contributed by atoms with Gasteiger partial charge in [-0.25, -0.2) is 0 Å². The summed E-state index contributed by atoms with van der Waals surface area (Å²) in [6.07, 6.45) is 0. The minimum atomic E-state index is -0.00590. The first-order valence-corrected chi connectivity index (χ1v) is 6.72. The Bertz CT molecular complexity index is 646. The summed E-state index contributed by atoms with van der Waals surface area (Å²) in [5, 5.41) is 7.50. The van der Waals surface area contributed by atoms with Crippen LogP contribution in [0.25, 0.3) is 0 Å². The molecule has 0 aliphatic rings. The maximum absolute atomic E-state index is 7.50. The van der Waals surface area contributed by atoms with Gasteiger partial charge in [0.15, 0.2) is 0 Å². The predicted molar refractivity (Wildman–Crippen MR) is 84.3 cm³/mol. The number of methoxy groups -OCH3 is 1. The lowest BCUT2D eigenvalue weighted by atomic mass is 10.1. The highest BCUT2D eigenvalue weighted by Gasteiger charge is 2.07. The summed E-state index contributed by atoms with van der Waals surface area (Å²) >= 11 is 0. The van der Waals surface area contributed by atoms with E-state index in [4.69, 9.17) is 20.6 Å². The van der Waals surface area contributed by atoms with Crippen molar-refractivity contribution in [3.8, 4) is 11.5 Å². The van der Waals surface area contributed by atoms with Crippen molar-refractivity contribution in [2.75, 3.05) is 7.11 Å². The zero-order valence-corrected chi connectivity index (χ0v) is 12.6. The second-order valence-corrected chi connectivity index (χ2v) is 5.06. The fourth-order valence-corrected chi connectivity index (χ4v) is 2.23. The van der Waals surface area contributed by atoms with Gasteiger partial charge in [-0.05, 0) is 54.8 Å². The molecule has 0 fully saturated rings. The molecule has 2 rings (SSSR count). The van der Waals surface area contributed by atoms with Gasteiger partial charge in [0.2, 0.25) is 0 Å². The first-order valence-electron chi connectivity index (χ1n) is 6.72. The Labute approximate surface area is 125 Å². The number of hydrogen-bond donors (Lipinski definition) is 2. The van der Waals surface area contributed by atoms with E-state index < -0.39 is 0 Å². The molecule has 0 atom stereocenters. The van der Waals surface area contributed by atoms with Crippen LogP contribution in [0.15, 0.2) is 36.4 Å². The van der Waals surface area contributed by atoms with Crippen LogP contribution in [-0.2, 0) is 6.61 Å². The predicted octanol–water partition coefficient (Wildman–Crippen LogP) is 3.18. The SMILES string of the molecule is COc1cc(COc2cc(C)cc(C)c2)ccc1C(=N)N. The van der Waals surface area contributed by atoms with E-state index in [0.29, 0.717) is 17.9 Å². The van der Waals surface area contributed by atoms with Crippen LogP contribution in [-0.4, -0.2) is 12.9 Å². The summed E-state index contributed by atoms with van der Waals surface area (Å²) in [6, 6.07) is 11.6. The monoisotopic (exact) mass is 284 g/mol. The lowest BCUT2D eigenvalue weighted by molar-refractivity contribution is 0.305. The van der Waals surface area contributed by atoms with Crippen molar-refractivity contribution in [1.82, 2.24) is 0 Å². The van der Waals surface area contributed by atoms with Crippen molar-refractivity contribution < 1.29 is 9.47 Å². The molecule has 21 heavy (non-hydrogen) atoms. The van der Waals surface area contributed by atoms with E-state index in [1.807, 2.05) is 38.1 Å². The maximum Gasteiger partial charge on any atom is 0.130 e. The van der Waals surface area contributed by atoms with Gasteiger partial charge in [0, 0.05) is 0 Å². The Hall–Kier alpha value is -2.49. The molecule has 4 nitrogen and oxygen atoms in total. The number of hydrogen-bond acceptors (Lipinski definition) is 3. The zero-order chi connectivity index (χ0) is 15.4. The molecule has 2 aromatic carbocycles. The van der Waals surface area contributed by atoms with Crippen LogP contribution in [0, 0.1) is 19.3 Å². The molecule has 3 N–H and O–H groups in total. The third kappa shape index (κ3) is 3.75. The normalized spacial score (nSPS) is 10.2. The molecule has 0 saturated heterocycles. The summed E-state index contributed by atoms with van der Waals surface area (Å²) in [4.78, 5) is 0. The Kier molecular flexibility index (Phi) is 4.48. The number of nitrogens with two attached hydrogens (primary N) is 1. The average Bonchev–Trinajstić information content (AvgIpc) is 2.43. The molecule has 0 aliphatic carbocycles. The first kappa shape index (κ1) is 14.9. The van der Waals surface area contributed by atoms with E-state index in [2.05, 4.69) is 6.07 Å². The molecule has 0 saturated carbocycles. The number of rotatable bonds is 5. The van der Waals surface area contributed by atoms with E-state index in [9.17, 15) is 0 Å². The van der Waals surface area contributed by atoms with Gasteiger partial charge in [0.1, 0.15) is 23.9 Å². The third-order valence-corrected chi connectivity index (χ3v) is 3.16. The van der Waals surface area contributed by atoms with Crippen molar-refractivity contribution >= 4 is 5.84 Å². The molecule has 0 aliphatic heterocycles. The topological polar surface area (TPSA) is 68.3 Å². The lowest BCUT2D eigenvalue weighted by Gasteiger charge is -2.11. The second-order valence-electron chi connectivity index (χ2n) is 5.06. The van der Waals surface area contributed by atoms with Crippen LogP contribution in [0.5, 0.6) is 11.5 Å². The fraction of sp³-hybridized carbons (Fsp3) is 0.235. The number of benzene rings is 2. The van der Waals surface area contributed by atoms with Crippen LogP contribution >= 0.6 is 0 Å². The van der Waals surface area contributed by atoms with Crippen molar-refractivity contribution in [2.45, 2.75) is 20.5 Å². The van der Waals surface area contributed by atoms with E-state index >= 15 is 0 Å². The van der Waals surface area contributed by atoms with Gasteiger partial charge in [-0.3, -0.25) is 5.41 Å². The smallest absolute Gasteiger partial charge is 0.130 e. The Morgan fingerprint density at radius 2 is 1.76 bits per heavy atom. The highest BCUT2D eigenvalue weighted by molar-refractivity contribution is 5.97. The largest absolute Gasteiger partial charge is 0.496 e. The van der Waals surface area contributed by atoms with Crippen molar-refractivity contribution in [3.05, 3.63) is 58.7 Å². The van der Waals surface area contributed by atoms with Gasteiger partial charge >= 0.3 is 0 Å². The molecule has 0 radical (unpaired) electrons. The van der Waals surface area contributed by atoms with Gasteiger partial charge in [-0.2, -0.15) is 0 Å². The van der Waals surface area contributed by atoms with Crippen molar-refractivity contribution in [3.63, 3.8) is 0 Å². The Morgan fingerprint density at radius 1 is 1.10 bits per heavy atom. The first-order chi connectivity index (χ1) is 9.99. The number of ether oxygens (including phenoxy) is 2. The summed E-state index contributed by atoms with van der Waals surface area (Å²) in [6.45, 7) is 4.53. The summed E-state index contributed by atoms with van der Waals surface area (Å²) in [5.41, 5.74) is 9.42. The van der Waals surface area contributed by atoms with Gasteiger partial charge < -0.3 is 15.2 Å². The standard InChI is InChI=1S/C17H20N2O2/c1-11-6-12(2)8-14(7-11)21-10-13-4-5-15(17(18)19)16(9-13)20-3/h4-9H,10H2,1-3H3,(H3,18,19). The van der Waals surface area contributed by atoms with Crippen LogP contribution in [0.1, 0.15) is 22.3 Å². The van der Waals surface area contributed by atoms with E-state index in [0.717, 1.165) is 11.3 Å². The average molecular weight is 284 g/mol. The maximum atomic E-state index is 7.50. The minimum absolute atomic E-state index is 0.00590. The van der Waals surface area contributed by atoms with E-state index in [1.165, 1.54) is 11.1 Å². The molecule has 0 unspecified atom stereocenters. The number of aryl methyl sites for hydroxylation is 2. The second kappa shape index (κ2) is 6.31. The number of nitrogen functional groups attached to an aromatic ring is 1. The summed E-state index contributed by atoms with van der Waals surface area (Å²) in [5.74, 6) is 1.43. The van der Waals surface area contributed by atoms with Crippen molar-refractivity contribution in [1.29, 1.82) is 5.41 Å². The zero-order valence-electron chi connectivity index (χ0n) is 12.6. The van der Waals surface area contributed by atoms with Crippen LogP contribution in [0.4, 0.5) is 0 Å². The molecular weight excluding hydrogens is 264 g/mol. The molecule has 110 valence electrons. The Balaban J connectivity index is 2.14. The van der Waals surface area contributed by atoms with Gasteiger partial charge in [0.25, 0.3) is 0 Å². The molecule has 2 aromatic rings. The molecule has 0 heterocycles. The van der Waals surface area contributed by atoms with Crippen LogP contribution in [0.3, 0.4) is 0 Å². The summed E-state index contributed by atoms with van der Waals surface area (Å²) in [7, 11) is 1.57. The molecule has 4 heteroatoms. The molecule has 0 amide bonds. The molecule has 0 aromatic heterocycles. The van der Waals surface area contributed by atoms with Crippen LogP contribution < -0.4 is 15.2 Å². The quantitative estimate of drug-likeness (QED) is 0.654. The molecular formula is C17H20N2O2. The lowest BCUT2D eigenvalue weighted by Crippen LogP contribution is -2.12. The number of nitrogens with one attached hydrogen (secondary N) is 1. The number of amidine groups is 1. The Morgan fingerprint density at radius 3 is 2.33 bits per heavy atom. The minimum Gasteiger partial charge on any atom is -0.496 e. The van der Waals surface area contributed by atoms with E-state index in [-0.39, 0.29) is 5.84 Å². The van der Waals surface area contributed by atoms with E-state index in [1.54, 1.807) is 13.2 Å². The molecule has 0 bridgehead atoms. The van der Waals surface area contributed by atoms with Gasteiger partial charge in [-0.1, -0.05) is 12.1 Å². The van der Waals surface area contributed by atoms with Crippen molar-refractivity contribution in [2.24, 2.45) is 5.73 Å². The fourth-order valence-electron chi connectivity index (χ4n) is 2.23. The van der Waals surface area contributed by atoms with Gasteiger partial charge in [0.05, 0.1) is 12.7 Å². The summed E-state index contributed by atoms with van der Waals surface area (Å²) < 4.78 is 11.1. The highest BCUT2D eigenvalue weighted by Crippen LogP contribution is 2.22. The third-order valence-electron chi connectivity index (χ3n) is 3.16. The van der Waals surface area contributed by atoms with Gasteiger partial charge in [-0.15, -0.1) is 0 Å². The van der Waals surface area contributed by atoms with Crippen LogP contribution in [0.2, 0.25) is 0 Å².